The molecule has 1 aromatic rings. The monoisotopic (exact) mass is 229 g/mol. The summed E-state index contributed by atoms with van der Waals surface area (Å²) in [5.41, 5.74) is 0. The summed E-state index contributed by atoms with van der Waals surface area (Å²) in [6, 6.07) is 2.13. The third-order valence-electron chi connectivity index (χ3n) is 3.25. The first kappa shape index (κ1) is 10.4. The molecule has 0 aliphatic heterocycles. The zero-order chi connectivity index (χ0) is 9.97. The summed E-state index contributed by atoms with van der Waals surface area (Å²) in [6.45, 7) is 2.36. The molecule has 0 aromatic carbocycles. The average molecular weight is 230 g/mol. The van der Waals surface area contributed by atoms with Crippen LogP contribution in [-0.2, 0) is 6.42 Å². The SMILES string of the molecule is CC1CCC(Cl)CC1Cc1ccns1. The first-order valence-corrected chi connectivity index (χ1v) is 6.50. The molecule has 2 rings (SSSR count). The minimum absolute atomic E-state index is 0.407. The van der Waals surface area contributed by atoms with Gasteiger partial charge in [-0.05, 0) is 55.1 Å². The number of halogens is 1. The molecule has 0 radical (unpaired) electrons. The summed E-state index contributed by atoms with van der Waals surface area (Å²) in [5, 5.41) is 0.407. The van der Waals surface area contributed by atoms with E-state index in [0.717, 1.165) is 11.8 Å². The van der Waals surface area contributed by atoms with Gasteiger partial charge in [-0.15, -0.1) is 11.6 Å². The molecule has 14 heavy (non-hydrogen) atoms. The van der Waals surface area contributed by atoms with Crippen molar-refractivity contribution in [1.29, 1.82) is 0 Å². The van der Waals surface area contributed by atoms with Crippen molar-refractivity contribution < 1.29 is 0 Å². The van der Waals surface area contributed by atoms with Gasteiger partial charge in [-0.2, -0.15) is 0 Å². The molecule has 3 atom stereocenters. The van der Waals surface area contributed by atoms with Gasteiger partial charge in [-0.1, -0.05) is 6.92 Å². The molecule has 0 amide bonds. The maximum Gasteiger partial charge on any atom is 0.0409 e. The zero-order valence-corrected chi connectivity index (χ0v) is 10.0. The normalized spacial score (nSPS) is 33.1. The summed E-state index contributed by atoms with van der Waals surface area (Å²) < 4.78 is 4.14. The van der Waals surface area contributed by atoms with Crippen LogP contribution in [0.1, 0.15) is 31.1 Å². The smallest absolute Gasteiger partial charge is 0.0409 e. The second-order valence-corrected chi connectivity index (χ2v) is 5.87. The third kappa shape index (κ3) is 2.48. The number of aromatic nitrogens is 1. The van der Waals surface area contributed by atoms with Gasteiger partial charge in [0, 0.05) is 16.5 Å². The van der Waals surface area contributed by atoms with Crippen molar-refractivity contribution in [2.75, 3.05) is 0 Å². The van der Waals surface area contributed by atoms with E-state index in [4.69, 9.17) is 11.6 Å². The van der Waals surface area contributed by atoms with Crippen LogP contribution in [0.25, 0.3) is 0 Å². The van der Waals surface area contributed by atoms with Crippen LogP contribution in [0.2, 0.25) is 0 Å². The number of nitrogens with zero attached hydrogens (tertiary/aromatic N) is 1. The van der Waals surface area contributed by atoms with Gasteiger partial charge in [-0.25, -0.2) is 4.37 Å². The van der Waals surface area contributed by atoms with E-state index in [-0.39, 0.29) is 0 Å². The highest BCUT2D eigenvalue weighted by Gasteiger charge is 2.26. The number of hydrogen-bond acceptors (Lipinski definition) is 2. The number of hydrogen-bond donors (Lipinski definition) is 0. The maximum atomic E-state index is 6.20. The first-order valence-electron chi connectivity index (χ1n) is 5.29. The molecule has 3 heteroatoms. The largest absolute Gasteiger partial charge is 0.201 e. The van der Waals surface area contributed by atoms with Gasteiger partial charge in [0.05, 0.1) is 0 Å². The van der Waals surface area contributed by atoms with E-state index in [1.807, 2.05) is 6.20 Å². The number of alkyl halides is 1. The highest BCUT2D eigenvalue weighted by Crippen LogP contribution is 2.35. The fraction of sp³-hybridized carbons (Fsp3) is 0.727. The van der Waals surface area contributed by atoms with E-state index in [1.54, 1.807) is 11.5 Å². The molecule has 78 valence electrons. The first-order chi connectivity index (χ1) is 6.75. The lowest BCUT2D eigenvalue weighted by Gasteiger charge is -2.31. The molecular formula is C11H16ClNS. The summed E-state index contributed by atoms with van der Waals surface area (Å²) in [4.78, 5) is 1.41. The Morgan fingerprint density at radius 2 is 2.43 bits per heavy atom. The van der Waals surface area contributed by atoms with Gasteiger partial charge in [-0.3, -0.25) is 0 Å². The van der Waals surface area contributed by atoms with Gasteiger partial charge < -0.3 is 0 Å². The van der Waals surface area contributed by atoms with Crippen molar-refractivity contribution >= 4 is 23.1 Å². The highest BCUT2D eigenvalue weighted by molar-refractivity contribution is 7.05. The Kier molecular flexibility index (Phi) is 3.45. The second-order valence-electron chi connectivity index (χ2n) is 4.33. The van der Waals surface area contributed by atoms with Crippen LogP contribution in [-0.4, -0.2) is 9.75 Å². The van der Waals surface area contributed by atoms with Crippen molar-refractivity contribution in [1.82, 2.24) is 4.37 Å². The lowest BCUT2D eigenvalue weighted by molar-refractivity contribution is 0.259. The van der Waals surface area contributed by atoms with Gasteiger partial charge in [0.2, 0.25) is 0 Å². The summed E-state index contributed by atoms with van der Waals surface area (Å²) in [6.07, 6.45) is 6.74. The lowest BCUT2D eigenvalue weighted by atomic mass is 9.78. The highest BCUT2D eigenvalue weighted by atomic mass is 35.5. The van der Waals surface area contributed by atoms with Crippen LogP contribution in [0.3, 0.4) is 0 Å². The topological polar surface area (TPSA) is 12.9 Å². The Bertz CT molecular complexity index is 273. The van der Waals surface area contributed by atoms with Gasteiger partial charge in [0.1, 0.15) is 0 Å². The molecule has 3 unspecified atom stereocenters. The fourth-order valence-electron chi connectivity index (χ4n) is 2.25. The molecule has 1 aromatic heterocycles. The summed E-state index contributed by atoms with van der Waals surface area (Å²) in [7, 11) is 0. The van der Waals surface area contributed by atoms with Gasteiger partial charge in [0.15, 0.2) is 0 Å². The van der Waals surface area contributed by atoms with Crippen LogP contribution in [0.5, 0.6) is 0 Å². The van der Waals surface area contributed by atoms with Crippen molar-refractivity contribution in [3.05, 3.63) is 17.1 Å². The van der Waals surface area contributed by atoms with Crippen LogP contribution in [0.15, 0.2) is 12.3 Å². The molecule has 0 bridgehead atoms. The quantitative estimate of drug-likeness (QED) is 0.705. The Morgan fingerprint density at radius 1 is 1.57 bits per heavy atom. The lowest BCUT2D eigenvalue weighted by Crippen LogP contribution is -2.24. The summed E-state index contributed by atoms with van der Waals surface area (Å²) >= 11 is 7.83. The molecule has 1 aliphatic carbocycles. The molecule has 1 fully saturated rings. The standard InChI is InChI=1S/C11H16ClNS/c1-8-2-3-10(12)6-9(8)7-11-4-5-13-14-11/h4-5,8-10H,2-3,6-7H2,1H3. The van der Waals surface area contributed by atoms with Crippen LogP contribution >= 0.6 is 23.1 Å². The van der Waals surface area contributed by atoms with Crippen molar-refractivity contribution in [3.63, 3.8) is 0 Å². The van der Waals surface area contributed by atoms with E-state index >= 15 is 0 Å². The fourth-order valence-corrected chi connectivity index (χ4v) is 3.27. The molecular weight excluding hydrogens is 214 g/mol. The Hall–Kier alpha value is -0.0800. The molecule has 0 saturated heterocycles. The average Bonchev–Trinajstić information content (AvgIpc) is 2.64. The third-order valence-corrected chi connectivity index (χ3v) is 4.41. The summed E-state index contributed by atoms with van der Waals surface area (Å²) in [5.74, 6) is 1.60. The van der Waals surface area contributed by atoms with Crippen LogP contribution in [0, 0.1) is 11.8 Å². The molecule has 1 heterocycles. The predicted octanol–water partition coefficient (Wildman–Crippen LogP) is 3.73. The Labute approximate surface area is 94.6 Å². The molecule has 0 spiro atoms. The number of rotatable bonds is 2. The van der Waals surface area contributed by atoms with E-state index in [0.29, 0.717) is 5.38 Å². The van der Waals surface area contributed by atoms with Gasteiger partial charge >= 0.3 is 0 Å². The maximum absolute atomic E-state index is 6.20. The zero-order valence-electron chi connectivity index (χ0n) is 8.45. The molecule has 0 N–H and O–H groups in total. The molecule has 1 nitrogen and oxygen atoms in total. The van der Waals surface area contributed by atoms with Gasteiger partial charge in [0.25, 0.3) is 0 Å². The van der Waals surface area contributed by atoms with Crippen molar-refractivity contribution in [3.8, 4) is 0 Å². The predicted molar refractivity (Wildman–Crippen MR) is 62.0 cm³/mol. The van der Waals surface area contributed by atoms with E-state index < -0.39 is 0 Å². The van der Waals surface area contributed by atoms with E-state index in [1.165, 1.54) is 30.6 Å². The second kappa shape index (κ2) is 4.63. The van der Waals surface area contributed by atoms with Crippen molar-refractivity contribution in [2.24, 2.45) is 11.8 Å². The van der Waals surface area contributed by atoms with Crippen LogP contribution < -0.4 is 0 Å². The van der Waals surface area contributed by atoms with E-state index in [2.05, 4.69) is 17.4 Å². The minimum Gasteiger partial charge on any atom is -0.201 e. The molecule has 1 aliphatic rings. The minimum atomic E-state index is 0.407. The van der Waals surface area contributed by atoms with Crippen molar-refractivity contribution in [2.45, 2.75) is 38.0 Å². The Morgan fingerprint density at radius 3 is 3.14 bits per heavy atom. The molecule has 1 saturated carbocycles. The Balaban J connectivity index is 1.95. The van der Waals surface area contributed by atoms with E-state index in [9.17, 15) is 0 Å². The van der Waals surface area contributed by atoms with Crippen LogP contribution in [0.4, 0.5) is 0 Å².